The highest BCUT2D eigenvalue weighted by Gasteiger charge is 2.22. The molecule has 1 fully saturated rings. The van der Waals surface area contributed by atoms with E-state index in [4.69, 9.17) is 0 Å². The number of nitrogens with zero attached hydrogens (tertiary/aromatic N) is 1. The summed E-state index contributed by atoms with van der Waals surface area (Å²) in [6, 6.07) is 0. The molecule has 2 nitrogen and oxygen atoms in total. The van der Waals surface area contributed by atoms with Crippen LogP contribution >= 0.6 is 0 Å². The fourth-order valence-corrected chi connectivity index (χ4v) is 1.31. The van der Waals surface area contributed by atoms with Crippen LogP contribution < -0.4 is 5.32 Å². The molecule has 0 amide bonds. The molecular formula is C10H20N2. The van der Waals surface area contributed by atoms with Crippen molar-refractivity contribution in [3.63, 3.8) is 0 Å². The molecule has 0 unspecified atom stereocenters. The van der Waals surface area contributed by atoms with E-state index in [-0.39, 0.29) is 0 Å². The summed E-state index contributed by atoms with van der Waals surface area (Å²) < 4.78 is 0. The Morgan fingerprint density at radius 2 is 2.33 bits per heavy atom. The Morgan fingerprint density at radius 1 is 1.58 bits per heavy atom. The number of hydrogen-bond donors (Lipinski definition) is 1. The SMILES string of the molecule is C=CCNCCN(C)CC1CC1. The standard InChI is InChI=1S/C10H20N2/c1-3-6-11-7-8-12(2)9-10-4-5-10/h3,10-11H,1,4-9H2,2H3. The van der Waals surface area contributed by atoms with E-state index in [0.717, 1.165) is 25.6 Å². The second-order valence-corrected chi connectivity index (χ2v) is 3.70. The molecular weight excluding hydrogens is 148 g/mol. The van der Waals surface area contributed by atoms with Crippen molar-refractivity contribution in [3.05, 3.63) is 12.7 Å². The van der Waals surface area contributed by atoms with Crippen LogP contribution in [0.1, 0.15) is 12.8 Å². The quantitative estimate of drug-likeness (QED) is 0.452. The Kier molecular flexibility index (Phi) is 4.33. The maximum atomic E-state index is 3.66. The molecule has 0 aliphatic heterocycles. The minimum atomic E-state index is 0.928. The van der Waals surface area contributed by atoms with Crippen molar-refractivity contribution in [1.29, 1.82) is 0 Å². The first-order valence-corrected chi connectivity index (χ1v) is 4.83. The number of rotatable bonds is 7. The van der Waals surface area contributed by atoms with Crippen LogP contribution in [0.25, 0.3) is 0 Å². The fraction of sp³-hybridized carbons (Fsp3) is 0.800. The highest BCUT2D eigenvalue weighted by atomic mass is 15.1. The number of hydrogen-bond acceptors (Lipinski definition) is 2. The Balaban J connectivity index is 1.86. The topological polar surface area (TPSA) is 15.3 Å². The number of nitrogens with one attached hydrogen (secondary N) is 1. The van der Waals surface area contributed by atoms with E-state index in [0.29, 0.717) is 0 Å². The summed E-state index contributed by atoms with van der Waals surface area (Å²) in [5, 5.41) is 3.30. The molecule has 70 valence electrons. The predicted molar refractivity (Wildman–Crippen MR) is 53.3 cm³/mol. The Hall–Kier alpha value is -0.340. The summed E-state index contributed by atoms with van der Waals surface area (Å²) in [4.78, 5) is 2.41. The van der Waals surface area contributed by atoms with E-state index in [1.807, 2.05) is 6.08 Å². The Bertz CT molecular complexity index is 130. The van der Waals surface area contributed by atoms with Gasteiger partial charge in [-0.15, -0.1) is 6.58 Å². The first kappa shape index (κ1) is 9.75. The third-order valence-electron chi connectivity index (χ3n) is 2.23. The second kappa shape index (κ2) is 5.33. The van der Waals surface area contributed by atoms with E-state index in [1.165, 1.54) is 19.4 Å². The van der Waals surface area contributed by atoms with Gasteiger partial charge >= 0.3 is 0 Å². The molecule has 0 radical (unpaired) electrons. The van der Waals surface area contributed by atoms with Gasteiger partial charge < -0.3 is 10.2 Å². The van der Waals surface area contributed by atoms with Crippen molar-refractivity contribution >= 4 is 0 Å². The van der Waals surface area contributed by atoms with Gasteiger partial charge in [0, 0.05) is 26.2 Å². The Morgan fingerprint density at radius 3 is 2.92 bits per heavy atom. The first-order chi connectivity index (χ1) is 5.83. The molecule has 0 atom stereocenters. The third kappa shape index (κ3) is 4.52. The van der Waals surface area contributed by atoms with E-state index in [2.05, 4.69) is 23.8 Å². The largest absolute Gasteiger partial charge is 0.312 e. The van der Waals surface area contributed by atoms with Gasteiger partial charge in [-0.2, -0.15) is 0 Å². The maximum absolute atomic E-state index is 3.66. The lowest BCUT2D eigenvalue weighted by Gasteiger charge is -2.15. The Labute approximate surface area is 75.6 Å². The van der Waals surface area contributed by atoms with Gasteiger partial charge in [0.15, 0.2) is 0 Å². The molecule has 1 aliphatic carbocycles. The van der Waals surface area contributed by atoms with Gasteiger partial charge in [-0.1, -0.05) is 6.08 Å². The summed E-state index contributed by atoms with van der Waals surface area (Å²) in [7, 11) is 2.20. The minimum absolute atomic E-state index is 0.928. The lowest BCUT2D eigenvalue weighted by Crippen LogP contribution is -2.30. The maximum Gasteiger partial charge on any atom is 0.0132 e. The van der Waals surface area contributed by atoms with Crippen LogP contribution in [0.15, 0.2) is 12.7 Å². The van der Waals surface area contributed by atoms with E-state index in [1.54, 1.807) is 0 Å². The van der Waals surface area contributed by atoms with Crippen LogP contribution in [0.4, 0.5) is 0 Å². The van der Waals surface area contributed by atoms with Crippen LogP contribution in [-0.2, 0) is 0 Å². The number of likely N-dealkylation sites (N-methyl/N-ethyl adjacent to an activating group) is 1. The van der Waals surface area contributed by atoms with Gasteiger partial charge in [0.25, 0.3) is 0 Å². The molecule has 0 spiro atoms. The van der Waals surface area contributed by atoms with Crippen LogP contribution in [0.5, 0.6) is 0 Å². The lowest BCUT2D eigenvalue weighted by molar-refractivity contribution is 0.320. The van der Waals surface area contributed by atoms with E-state index >= 15 is 0 Å². The van der Waals surface area contributed by atoms with Gasteiger partial charge in [0.2, 0.25) is 0 Å². The normalized spacial score (nSPS) is 16.8. The van der Waals surface area contributed by atoms with Crippen LogP contribution in [-0.4, -0.2) is 38.1 Å². The molecule has 0 saturated heterocycles. The van der Waals surface area contributed by atoms with Crippen LogP contribution in [0.3, 0.4) is 0 Å². The first-order valence-electron chi connectivity index (χ1n) is 4.83. The smallest absolute Gasteiger partial charge is 0.0132 e. The lowest BCUT2D eigenvalue weighted by atomic mass is 10.4. The van der Waals surface area contributed by atoms with Crippen molar-refractivity contribution in [2.45, 2.75) is 12.8 Å². The summed E-state index contributed by atoms with van der Waals surface area (Å²) in [6.07, 6.45) is 4.80. The average molecular weight is 168 g/mol. The summed E-state index contributed by atoms with van der Waals surface area (Å²) in [5.74, 6) is 1.01. The molecule has 0 heterocycles. The fourth-order valence-electron chi connectivity index (χ4n) is 1.31. The zero-order valence-electron chi connectivity index (χ0n) is 8.05. The van der Waals surface area contributed by atoms with Crippen LogP contribution in [0.2, 0.25) is 0 Å². The van der Waals surface area contributed by atoms with Gasteiger partial charge in [-0.3, -0.25) is 0 Å². The van der Waals surface area contributed by atoms with Crippen molar-refractivity contribution in [1.82, 2.24) is 10.2 Å². The molecule has 0 aromatic heterocycles. The van der Waals surface area contributed by atoms with Gasteiger partial charge in [0.05, 0.1) is 0 Å². The van der Waals surface area contributed by atoms with Crippen LogP contribution in [0, 0.1) is 5.92 Å². The van der Waals surface area contributed by atoms with Gasteiger partial charge in [0.1, 0.15) is 0 Å². The monoisotopic (exact) mass is 168 g/mol. The molecule has 0 aromatic carbocycles. The third-order valence-corrected chi connectivity index (χ3v) is 2.23. The zero-order valence-corrected chi connectivity index (χ0v) is 8.05. The molecule has 1 N–H and O–H groups in total. The summed E-state index contributed by atoms with van der Waals surface area (Å²) in [6.45, 7) is 8.11. The molecule has 1 rings (SSSR count). The average Bonchev–Trinajstić information content (AvgIpc) is 2.82. The van der Waals surface area contributed by atoms with E-state index < -0.39 is 0 Å². The molecule has 12 heavy (non-hydrogen) atoms. The van der Waals surface area contributed by atoms with Gasteiger partial charge in [-0.25, -0.2) is 0 Å². The highest BCUT2D eigenvalue weighted by molar-refractivity contribution is 4.76. The molecule has 1 saturated carbocycles. The zero-order chi connectivity index (χ0) is 8.81. The second-order valence-electron chi connectivity index (χ2n) is 3.70. The summed E-state index contributed by atoms with van der Waals surface area (Å²) >= 11 is 0. The van der Waals surface area contributed by atoms with Crippen molar-refractivity contribution < 1.29 is 0 Å². The molecule has 2 heteroatoms. The molecule has 0 aromatic rings. The van der Waals surface area contributed by atoms with Crippen molar-refractivity contribution in [2.24, 2.45) is 5.92 Å². The molecule has 1 aliphatic rings. The molecule has 0 bridgehead atoms. The van der Waals surface area contributed by atoms with Crippen molar-refractivity contribution in [3.8, 4) is 0 Å². The van der Waals surface area contributed by atoms with Crippen molar-refractivity contribution in [2.75, 3.05) is 33.2 Å². The van der Waals surface area contributed by atoms with Gasteiger partial charge in [-0.05, 0) is 25.8 Å². The van der Waals surface area contributed by atoms with E-state index in [9.17, 15) is 0 Å². The summed E-state index contributed by atoms with van der Waals surface area (Å²) in [5.41, 5.74) is 0. The minimum Gasteiger partial charge on any atom is -0.312 e. The predicted octanol–water partition coefficient (Wildman–Crippen LogP) is 1.10. The highest BCUT2D eigenvalue weighted by Crippen LogP contribution is 2.29.